The van der Waals surface area contributed by atoms with E-state index < -0.39 is 0 Å². The summed E-state index contributed by atoms with van der Waals surface area (Å²) in [4.78, 5) is 5.95. The average Bonchev–Trinajstić information content (AvgIpc) is 2.28. The van der Waals surface area contributed by atoms with Crippen LogP contribution >= 0.6 is 0 Å². The van der Waals surface area contributed by atoms with Crippen LogP contribution in [0.3, 0.4) is 0 Å². The molecule has 0 amide bonds. The molecule has 0 radical (unpaired) electrons. The van der Waals surface area contributed by atoms with Crippen molar-refractivity contribution in [2.24, 2.45) is 0 Å². The SMILES string of the molecule is CC(C)N(CC#N)Cc1ccnc(C#N)c1. The fraction of sp³-hybridized carbons (Fsp3) is 0.417. The molecule has 1 rings (SSSR count). The Morgan fingerprint density at radius 3 is 2.75 bits per heavy atom. The zero-order valence-electron chi connectivity index (χ0n) is 9.51. The Bertz CT molecular complexity index is 425. The minimum atomic E-state index is 0.304. The Hall–Kier alpha value is -1.91. The van der Waals surface area contributed by atoms with Crippen molar-refractivity contribution in [3.05, 3.63) is 29.6 Å². The standard InChI is InChI=1S/C12H14N4/c1-10(2)16(6-4-13)9-11-3-5-15-12(7-11)8-14/h3,5,7,10H,6,9H2,1-2H3. The summed E-state index contributed by atoms with van der Waals surface area (Å²) in [5.74, 6) is 0. The first kappa shape index (κ1) is 12.2. The van der Waals surface area contributed by atoms with Crippen LogP contribution < -0.4 is 0 Å². The molecule has 0 aliphatic carbocycles. The molecular weight excluding hydrogens is 200 g/mol. The molecular formula is C12H14N4. The van der Waals surface area contributed by atoms with Crippen LogP contribution in [0.2, 0.25) is 0 Å². The van der Waals surface area contributed by atoms with Gasteiger partial charge >= 0.3 is 0 Å². The van der Waals surface area contributed by atoms with Gasteiger partial charge in [-0.2, -0.15) is 10.5 Å². The molecule has 0 saturated carbocycles. The van der Waals surface area contributed by atoms with Gasteiger partial charge in [0, 0.05) is 18.8 Å². The molecule has 0 spiro atoms. The highest BCUT2D eigenvalue weighted by molar-refractivity contribution is 5.25. The number of hydrogen-bond acceptors (Lipinski definition) is 4. The Labute approximate surface area is 95.8 Å². The van der Waals surface area contributed by atoms with E-state index in [-0.39, 0.29) is 0 Å². The molecule has 1 aromatic rings. The third-order valence-electron chi connectivity index (χ3n) is 2.33. The third kappa shape index (κ3) is 3.34. The van der Waals surface area contributed by atoms with Gasteiger partial charge in [-0.1, -0.05) is 0 Å². The highest BCUT2D eigenvalue weighted by Gasteiger charge is 2.09. The van der Waals surface area contributed by atoms with Crippen LogP contribution in [-0.4, -0.2) is 22.5 Å². The molecule has 16 heavy (non-hydrogen) atoms. The molecule has 0 atom stereocenters. The van der Waals surface area contributed by atoms with Crippen molar-refractivity contribution in [1.82, 2.24) is 9.88 Å². The van der Waals surface area contributed by atoms with E-state index in [1.165, 1.54) is 0 Å². The van der Waals surface area contributed by atoms with Crippen molar-refractivity contribution in [3.8, 4) is 12.1 Å². The largest absolute Gasteiger partial charge is 0.284 e. The smallest absolute Gasteiger partial charge is 0.140 e. The van der Waals surface area contributed by atoms with E-state index in [2.05, 4.69) is 11.1 Å². The van der Waals surface area contributed by atoms with Crippen molar-refractivity contribution in [1.29, 1.82) is 10.5 Å². The van der Waals surface area contributed by atoms with Crippen LogP contribution in [-0.2, 0) is 6.54 Å². The number of nitriles is 2. The predicted octanol–water partition coefficient (Wildman–Crippen LogP) is 1.69. The molecule has 0 fully saturated rings. The van der Waals surface area contributed by atoms with Crippen LogP contribution in [0.25, 0.3) is 0 Å². The predicted molar refractivity (Wildman–Crippen MR) is 60.1 cm³/mol. The van der Waals surface area contributed by atoms with E-state index in [0.29, 0.717) is 24.8 Å². The molecule has 0 aliphatic rings. The van der Waals surface area contributed by atoms with E-state index in [1.807, 2.05) is 30.9 Å². The molecule has 0 aromatic carbocycles. The quantitative estimate of drug-likeness (QED) is 0.715. The summed E-state index contributed by atoms with van der Waals surface area (Å²) in [6.07, 6.45) is 1.62. The van der Waals surface area contributed by atoms with Gasteiger partial charge in [0.2, 0.25) is 0 Å². The minimum Gasteiger partial charge on any atom is -0.284 e. The fourth-order valence-electron chi connectivity index (χ4n) is 1.38. The maximum Gasteiger partial charge on any atom is 0.140 e. The van der Waals surface area contributed by atoms with Gasteiger partial charge in [0.05, 0.1) is 12.6 Å². The molecule has 0 aliphatic heterocycles. The van der Waals surface area contributed by atoms with Crippen LogP contribution in [0.4, 0.5) is 0 Å². The van der Waals surface area contributed by atoms with Crippen molar-refractivity contribution < 1.29 is 0 Å². The molecule has 1 aromatic heterocycles. The average molecular weight is 214 g/mol. The summed E-state index contributed by atoms with van der Waals surface area (Å²) >= 11 is 0. The number of nitrogens with zero attached hydrogens (tertiary/aromatic N) is 4. The first-order valence-electron chi connectivity index (χ1n) is 5.13. The van der Waals surface area contributed by atoms with Crippen molar-refractivity contribution in [3.63, 3.8) is 0 Å². The maximum atomic E-state index is 8.73. The number of rotatable bonds is 4. The summed E-state index contributed by atoms with van der Waals surface area (Å²) in [5.41, 5.74) is 1.42. The topological polar surface area (TPSA) is 63.7 Å². The first-order valence-corrected chi connectivity index (χ1v) is 5.13. The minimum absolute atomic E-state index is 0.304. The molecule has 82 valence electrons. The maximum absolute atomic E-state index is 8.73. The van der Waals surface area contributed by atoms with Gasteiger partial charge in [0.25, 0.3) is 0 Å². The van der Waals surface area contributed by atoms with Gasteiger partial charge in [0.15, 0.2) is 0 Å². The zero-order chi connectivity index (χ0) is 12.0. The molecule has 1 heterocycles. The first-order chi connectivity index (χ1) is 7.67. The normalized spacial score (nSPS) is 10.1. The van der Waals surface area contributed by atoms with E-state index in [1.54, 1.807) is 12.3 Å². The Balaban J connectivity index is 2.78. The summed E-state index contributed by atoms with van der Waals surface area (Å²) in [6, 6.07) is 8.08. The van der Waals surface area contributed by atoms with E-state index in [4.69, 9.17) is 10.5 Å². The van der Waals surface area contributed by atoms with Gasteiger partial charge < -0.3 is 0 Å². The lowest BCUT2D eigenvalue weighted by Gasteiger charge is -2.23. The zero-order valence-corrected chi connectivity index (χ0v) is 9.51. The van der Waals surface area contributed by atoms with Crippen molar-refractivity contribution >= 4 is 0 Å². The Morgan fingerprint density at radius 2 is 2.19 bits per heavy atom. The highest BCUT2D eigenvalue weighted by Crippen LogP contribution is 2.08. The Kier molecular flexibility index (Phi) is 4.44. The fourth-order valence-corrected chi connectivity index (χ4v) is 1.38. The summed E-state index contributed by atoms with van der Waals surface area (Å²) < 4.78 is 0. The lowest BCUT2D eigenvalue weighted by atomic mass is 10.2. The number of pyridine rings is 1. The number of hydrogen-bond donors (Lipinski definition) is 0. The second-order valence-electron chi connectivity index (χ2n) is 3.82. The van der Waals surface area contributed by atoms with Crippen LogP contribution in [0.1, 0.15) is 25.1 Å². The lowest BCUT2D eigenvalue weighted by molar-refractivity contribution is 0.240. The summed E-state index contributed by atoms with van der Waals surface area (Å²) in [7, 11) is 0. The van der Waals surface area contributed by atoms with Gasteiger partial charge in [-0.25, -0.2) is 4.98 Å². The van der Waals surface area contributed by atoms with Gasteiger partial charge in [-0.15, -0.1) is 0 Å². The Morgan fingerprint density at radius 1 is 1.44 bits per heavy atom. The van der Waals surface area contributed by atoms with Crippen molar-refractivity contribution in [2.75, 3.05) is 6.54 Å². The summed E-state index contributed by atoms with van der Waals surface area (Å²) in [6.45, 7) is 5.15. The van der Waals surface area contributed by atoms with E-state index in [0.717, 1.165) is 5.56 Å². The van der Waals surface area contributed by atoms with E-state index in [9.17, 15) is 0 Å². The molecule has 0 bridgehead atoms. The lowest BCUT2D eigenvalue weighted by Crippen LogP contribution is -2.30. The molecule has 4 nitrogen and oxygen atoms in total. The third-order valence-corrected chi connectivity index (χ3v) is 2.33. The van der Waals surface area contributed by atoms with Crippen LogP contribution in [0, 0.1) is 22.7 Å². The van der Waals surface area contributed by atoms with Gasteiger partial charge in [-0.05, 0) is 31.5 Å². The van der Waals surface area contributed by atoms with Crippen molar-refractivity contribution in [2.45, 2.75) is 26.4 Å². The molecule has 0 saturated heterocycles. The van der Waals surface area contributed by atoms with E-state index >= 15 is 0 Å². The molecule has 0 unspecified atom stereocenters. The highest BCUT2D eigenvalue weighted by atomic mass is 15.1. The second-order valence-corrected chi connectivity index (χ2v) is 3.82. The second kappa shape index (κ2) is 5.85. The number of aromatic nitrogens is 1. The van der Waals surface area contributed by atoms with Gasteiger partial charge in [-0.3, -0.25) is 4.90 Å². The molecule has 0 N–H and O–H groups in total. The summed E-state index contributed by atoms with van der Waals surface area (Å²) in [5, 5.41) is 17.4. The molecule has 4 heteroatoms. The van der Waals surface area contributed by atoms with Crippen LogP contribution in [0.15, 0.2) is 18.3 Å². The van der Waals surface area contributed by atoms with Crippen LogP contribution in [0.5, 0.6) is 0 Å². The van der Waals surface area contributed by atoms with Gasteiger partial charge in [0.1, 0.15) is 11.8 Å². The monoisotopic (exact) mass is 214 g/mol.